The molecule has 4 heteroatoms. The second-order valence-corrected chi connectivity index (χ2v) is 5.77. The standard InChI is InChI=1S/C13H26N4/c1-16(2)9-10-17-12(14)15-11-13(17)7-5-3-4-6-8-13/h3-11H2,1-2H3,(H2,14,15). The predicted molar refractivity (Wildman–Crippen MR) is 72.2 cm³/mol. The fourth-order valence-corrected chi connectivity index (χ4v) is 3.11. The van der Waals surface area contributed by atoms with Crippen molar-refractivity contribution in [3.63, 3.8) is 0 Å². The number of nitrogens with zero attached hydrogens (tertiary/aromatic N) is 3. The van der Waals surface area contributed by atoms with Crippen LogP contribution in [0.2, 0.25) is 0 Å². The van der Waals surface area contributed by atoms with Crippen molar-refractivity contribution in [2.75, 3.05) is 33.7 Å². The van der Waals surface area contributed by atoms with Gasteiger partial charge in [-0.3, -0.25) is 4.99 Å². The minimum atomic E-state index is 0.261. The van der Waals surface area contributed by atoms with Gasteiger partial charge in [-0.05, 0) is 26.9 Å². The van der Waals surface area contributed by atoms with Crippen LogP contribution in [0.25, 0.3) is 0 Å². The zero-order valence-electron chi connectivity index (χ0n) is 11.3. The lowest BCUT2D eigenvalue weighted by atomic mass is 9.89. The van der Waals surface area contributed by atoms with Crippen molar-refractivity contribution in [2.45, 2.75) is 44.1 Å². The molecule has 2 N–H and O–H groups in total. The molecule has 4 nitrogen and oxygen atoms in total. The molecule has 0 atom stereocenters. The van der Waals surface area contributed by atoms with Crippen LogP contribution in [0.15, 0.2) is 4.99 Å². The molecule has 17 heavy (non-hydrogen) atoms. The Bertz CT molecular complexity index is 277. The Kier molecular flexibility index (Phi) is 3.92. The van der Waals surface area contributed by atoms with Crippen LogP contribution in [0.1, 0.15) is 38.5 Å². The van der Waals surface area contributed by atoms with Crippen LogP contribution in [0.3, 0.4) is 0 Å². The molecule has 1 spiro atoms. The van der Waals surface area contributed by atoms with Crippen molar-refractivity contribution in [1.82, 2.24) is 9.80 Å². The van der Waals surface area contributed by atoms with Crippen molar-refractivity contribution in [3.05, 3.63) is 0 Å². The van der Waals surface area contributed by atoms with Gasteiger partial charge in [0.05, 0.1) is 12.1 Å². The van der Waals surface area contributed by atoms with E-state index in [1.54, 1.807) is 0 Å². The molecule has 98 valence electrons. The summed E-state index contributed by atoms with van der Waals surface area (Å²) >= 11 is 0. The van der Waals surface area contributed by atoms with Crippen LogP contribution in [0, 0.1) is 0 Å². The molecule has 1 heterocycles. The molecular formula is C13H26N4. The van der Waals surface area contributed by atoms with Gasteiger partial charge in [-0.1, -0.05) is 25.7 Å². The van der Waals surface area contributed by atoms with Gasteiger partial charge in [0.25, 0.3) is 0 Å². The number of aliphatic imine (C=N–C) groups is 1. The second kappa shape index (κ2) is 5.25. The van der Waals surface area contributed by atoms with Crippen molar-refractivity contribution >= 4 is 5.96 Å². The van der Waals surface area contributed by atoms with Gasteiger partial charge in [0.2, 0.25) is 0 Å². The van der Waals surface area contributed by atoms with Crippen LogP contribution < -0.4 is 5.73 Å². The molecule has 0 aromatic carbocycles. The summed E-state index contributed by atoms with van der Waals surface area (Å²) in [5.41, 5.74) is 6.34. The van der Waals surface area contributed by atoms with Gasteiger partial charge >= 0.3 is 0 Å². The first kappa shape index (κ1) is 12.7. The first-order valence-electron chi connectivity index (χ1n) is 6.86. The van der Waals surface area contributed by atoms with Gasteiger partial charge in [-0.15, -0.1) is 0 Å². The van der Waals surface area contributed by atoms with E-state index in [-0.39, 0.29) is 5.54 Å². The molecule has 0 bridgehead atoms. The maximum Gasteiger partial charge on any atom is 0.191 e. The van der Waals surface area contributed by atoms with E-state index < -0.39 is 0 Å². The van der Waals surface area contributed by atoms with E-state index in [0.717, 1.165) is 25.6 Å². The quantitative estimate of drug-likeness (QED) is 0.805. The fraction of sp³-hybridized carbons (Fsp3) is 0.923. The van der Waals surface area contributed by atoms with Gasteiger partial charge in [-0.2, -0.15) is 0 Å². The highest BCUT2D eigenvalue weighted by atomic mass is 15.4. The molecule has 1 fully saturated rings. The van der Waals surface area contributed by atoms with Crippen LogP contribution in [0.4, 0.5) is 0 Å². The Morgan fingerprint density at radius 1 is 1.24 bits per heavy atom. The molecular weight excluding hydrogens is 212 g/mol. The summed E-state index contributed by atoms with van der Waals surface area (Å²) in [6, 6.07) is 0. The summed E-state index contributed by atoms with van der Waals surface area (Å²) in [5, 5.41) is 0. The zero-order chi connectivity index (χ0) is 12.3. The monoisotopic (exact) mass is 238 g/mol. The maximum absolute atomic E-state index is 6.08. The lowest BCUT2D eigenvalue weighted by Gasteiger charge is -2.39. The van der Waals surface area contributed by atoms with E-state index in [4.69, 9.17) is 5.73 Å². The first-order chi connectivity index (χ1) is 8.14. The highest BCUT2D eigenvalue weighted by molar-refractivity contribution is 5.81. The van der Waals surface area contributed by atoms with E-state index in [0.29, 0.717) is 0 Å². The molecule has 0 unspecified atom stereocenters. The van der Waals surface area contributed by atoms with Crippen molar-refractivity contribution < 1.29 is 0 Å². The Morgan fingerprint density at radius 3 is 2.47 bits per heavy atom. The highest BCUT2D eigenvalue weighted by Crippen LogP contribution is 2.35. The minimum Gasteiger partial charge on any atom is -0.370 e. The molecule has 2 rings (SSSR count). The van der Waals surface area contributed by atoms with Gasteiger partial charge in [0, 0.05) is 13.1 Å². The van der Waals surface area contributed by atoms with E-state index in [2.05, 4.69) is 28.9 Å². The molecule has 0 amide bonds. The van der Waals surface area contributed by atoms with Crippen molar-refractivity contribution in [3.8, 4) is 0 Å². The molecule has 0 aromatic rings. The molecule has 0 radical (unpaired) electrons. The van der Waals surface area contributed by atoms with Crippen LogP contribution >= 0.6 is 0 Å². The number of rotatable bonds is 3. The summed E-state index contributed by atoms with van der Waals surface area (Å²) in [5.74, 6) is 0.772. The average molecular weight is 238 g/mol. The van der Waals surface area contributed by atoms with Gasteiger partial charge in [0.1, 0.15) is 0 Å². The largest absolute Gasteiger partial charge is 0.370 e. The third-order valence-corrected chi connectivity index (χ3v) is 4.19. The van der Waals surface area contributed by atoms with Crippen molar-refractivity contribution in [1.29, 1.82) is 0 Å². The molecule has 1 aliphatic carbocycles. The smallest absolute Gasteiger partial charge is 0.191 e. The Morgan fingerprint density at radius 2 is 1.88 bits per heavy atom. The molecule has 1 saturated carbocycles. The Labute approximate surface area is 105 Å². The number of guanidine groups is 1. The van der Waals surface area contributed by atoms with Gasteiger partial charge in [0.15, 0.2) is 5.96 Å². The predicted octanol–water partition coefficient (Wildman–Crippen LogP) is 1.27. The van der Waals surface area contributed by atoms with E-state index in [1.165, 1.54) is 38.5 Å². The number of hydrogen-bond acceptors (Lipinski definition) is 4. The molecule has 2 aliphatic rings. The Balaban J connectivity index is 2.04. The topological polar surface area (TPSA) is 44.9 Å². The van der Waals surface area contributed by atoms with E-state index in [9.17, 15) is 0 Å². The summed E-state index contributed by atoms with van der Waals surface area (Å²) in [7, 11) is 4.23. The highest BCUT2D eigenvalue weighted by Gasteiger charge is 2.41. The first-order valence-corrected chi connectivity index (χ1v) is 6.86. The lowest BCUT2D eigenvalue weighted by molar-refractivity contribution is 0.163. The molecule has 0 saturated heterocycles. The third-order valence-electron chi connectivity index (χ3n) is 4.19. The summed E-state index contributed by atoms with van der Waals surface area (Å²) < 4.78 is 0. The number of nitrogens with two attached hydrogens (primary N) is 1. The van der Waals surface area contributed by atoms with E-state index in [1.807, 2.05) is 0 Å². The van der Waals surface area contributed by atoms with Gasteiger partial charge in [-0.25, -0.2) is 0 Å². The molecule has 1 aliphatic heterocycles. The number of likely N-dealkylation sites (N-methyl/N-ethyl adjacent to an activating group) is 1. The maximum atomic E-state index is 6.08. The normalized spacial score (nSPS) is 24.2. The average Bonchev–Trinajstić information content (AvgIpc) is 2.49. The summed E-state index contributed by atoms with van der Waals surface area (Å²) in [6.45, 7) is 2.99. The molecule has 0 aromatic heterocycles. The van der Waals surface area contributed by atoms with Crippen molar-refractivity contribution in [2.24, 2.45) is 10.7 Å². The Hall–Kier alpha value is -0.770. The van der Waals surface area contributed by atoms with Crippen LogP contribution in [-0.4, -0.2) is 55.0 Å². The van der Waals surface area contributed by atoms with E-state index >= 15 is 0 Å². The number of hydrogen-bond donors (Lipinski definition) is 1. The third kappa shape index (κ3) is 2.73. The second-order valence-electron chi connectivity index (χ2n) is 5.77. The van der Waals surface area contributed by atoms with Crippen LogP contribution in [-0.2, 0) is 0 Å². The minimum absolute atomic E-state index is 0.261. The SMILES string of the molecule is CN(C)CCN1C(N)=NCC12CCCCCC2. The summed E-state index contributed by atoms with van der Waals surface area (Å²) in [6.07, 6.45) is 7.96. The lowest BCUT2D eigenvalue weighted by Crippen LogP contribution is -2.53. The fourth-order valence-electron chi connectivity index (χ4n) is 3.11. The van der Waals surface area contributed by atoms with Crippen LogP contribution in [0.5, 0.6) is 0 Å². The zero-order valence-corrected chi connectivity index (χ0v) is 11.3. The summed E-state index contributed by atoms with van der Waals surface area (Å²) in [4.78, 5) is 9.12. The van der Waals surface area contributed by atoms with Gasteiger partial charge < -0.3 is 15.5 Å².